The minimum atomic E-state index is 0.248. The molecule has 1 aliphatic rings. The van der Waals surface area contributed by atoms with Crippen molar-refractivity contribution >= 4 is 0 Å². The fourth-order valence-electron chi connectivity index (χ4n) is 3.05. The van der Waals surface area contributed by atoms with E-state index in [9.17, 15) is 0 Å². The molecule has 1 N–H and O–H groups in total. The van der Waals surface area contributed by atoms with Gasteiger partial charge in [0.15, 0.2) is 0 Å². The lowest BCUT2D eigenvalue weighted by Crippen LogP contribution is -2.43. The van der Waals surface area contributed by atoms with E-state index in [2.05, 4.69) is 57.3 Å². The Balaban J connectivity index is 2.10. The van der Waals surface area contributed by atoms with Crippen LogP contribution in [-0.4, -0.2) is 25.3 Å². The van der Waals surface area contributed by atoms with Crippen molar-refractivity contribution in [1.82, 2.24) is 5.32 Å². The number of rotatable bonds is 6. The molecule has 2 unspecified atom stereocenters. The van der Waals surface area contributed by atoms with Crippen molar-refractivity contribution in [3.63, 3.8) is 0 Å². The molecule has 1 aliphatic heterocycles. The predicted molar refractivity (Wildman–Crippen MR) is 85.1 cm³/mol. The topological polar surface area (TPSA) is 21.3 Å². The van der Waals surface area contributed by atoms with Gasteiger partial charge >= 0.3 is 0 Å². The maximum absolute atomic E-state index is 5.88. The van der Waals surface area contributed by atoms with Crippen LogP contribution < -0.4 is 5.32 Å². The average Bonchev–Trinajstić information content (AvgIpc) is 2.79. The first-order chi connectivity index (χ1) is 9.55. The maximum atomic E-state index is 5.88. The summed E-state index contributed by atoms with van der Waals surface area (Å²) in [5.74, 6) is 0. The van der Waals surface area contributed by atoms with Gasteiger partial charge in [0.05, 0.1) is 6.10 Å². The van der Waals surface area contributed by atoms with Gasteiger partial charge in [0.25, 0.3) is 0 Å². The third-order valence-electron chi connectivity index (χ3n) is 4.68. The summed E-state index contributed by atoms with van der Waals surface area (Å²) in [6, 6.07) is 9.64. The van der Waals surface area contributed by atoms with Crippen LogP contribution in [0.15, 0.2) is 24.3 Å². The average molecular weight is 275 g/mol. The summed E-state index contributed by atoms with van der Waals surface area (Å²) in [6.07, 6.45) is 3.71. The fraction of sp³-hybridized carbons (Fsp3) is 0.667. The molecule has 1 aromatic carbocycles. The van der Waals surface area contributed by atoms with Crippen molar-refractivity contribution in [1.29, 1.82) is 0 Å². The van der Waals surface area contributed by atoms with Gasteiger partial charge in [-0.1, -0.05) is 45.0 Å². The molecule has 112 valence electrons. The van der Waals surface area contributed by atoms with E-state index in [0.717, 1.165) is 32.4 Å². The number of nitrogens with one attached hydrogen (secondary N) is 1. The predicted octanol–water partition coefficient (Wildman–Crippen LogP) is 3.58. The standard InChI is InChI=1S/C18H29NO/c1-5-16-6-8-17(9-7-16)12-18(13-19-14(2)3)10-11-20-15(18)4/h6-9,14-15,19H,5,10-13H2,1-4H3. The maximum Gasteiger partial charge on any atom is 0.0619 e. The van der Waals surface area contributed by atoms with Gasteiger partial charge < -0.3 is 10.1 Å². The van der Waals surface area contributed by atoms with Crippen molar-refractivity contribution in [2.24, 2.45) is 5.41 Å². The van der Waals surface area contributed by atoms with Gasteiger partial charge in [0.2, 0.25) is 0 Å². The second kappa shape index (κ2) is 6.73. The third-order valence-corrected chi connectivity index (χ3v) is 4.68. The molecule has 1 aromatic rings. The van der Waals surface area contributed by atoms with Gasteiger partial charge in [-0.3, -0.25) is 0 Å². The number of hydrogen-bond donors (Lipinski definition) is 1. The van der Waals surface area contributed by atoms with Crippen molar-refractivity contribution in [2.75, 3.05) is 13.2 Å². The summed E-state index contributed by atoms with van der Waals surface area (Å²) in [7, 11) is 0. The smallest absolute Gasteiger partial charge is 0.0619 e. The zero-order valence-electron chi connectivity index (χ0n) is 13.4. The number of aryl methyl sites for hydroxylation is 1. The Kier molecular flexibility index (Phi) is 5.22. The van der Waals surface area contributed by atoms with Gasteiger partial charge in [-0.2, -0.15) is 0 Å². The normalized spacial score (nSPS) is 26.4. The largest absolute Gasteiger partial charge is 0.378 e. The van der Waals surface area contributed by atoms with Gasteiger partial charge in [0, 0.05) is 24.6 Å². The molecule has 0 aliphatic carbocycles. The lowest BCUT2D eigenvalue weighted by Gasteiger charge is -2.33. The van der Waals surface area contributed by atoms with Crippen LogP contribution in [0.5, 0.6) is 0 Å². The van der Waals surface area contributed by atoms with E-state index >= 15 is 0 Å². The molecule has 0 spiro atoms. The van der Waals surface area contributed by atoms with Crippen molar-refractivity contribution in [3.8, 4) is 0 Å². The number of hydrogen-bond acceptors (Lipinski definition) is 2. The van der Waals surface area contributed by atoms with Crippen LogP contribution in [0.25, 0.3) is 0 Å². The molecule has 2 atom stereocenters. The lowest BCUT2D eigenvalue weighted by molar-refractivity contribution is 0.0621. The lowest BCUT2D eigenvalue weighted by atomic mass is 9.76. The van der Waals surface area contributed by atoms with E-state index in [1.54, 1.807) is 0 Å². The first-order valence-electron chi connectivity index (χ1n) is 7.98. The van der Waals surface area contributed by atoms with Crippen LogP contribution in [0.4, 0.5) is 0 Å². The molecular formula is C18H29NO. The Morgan fingerprint density at radius 2 is 1.90 bits per heavy atom. The van der Waals surface area contributed by atoms with Crippen molar-refractivity contribution < 1.29 is 4.74 Å². The molecule has 0 saturated carbocycles. The van der Waals surface area contributed by atoms with Crippen molar-refractivity contribution in [3.05, 3.63) is 35.4 Å². The molecule has 0 amide bonds. The van der Waals surface area contributed by atoms with Gasteiger partial charge in [-0.15, -0.1) is 0 Å². The Labute approximate surface area is 123 Å². The zero-order chi connectivity index (χ0) is 14.6. The Bertz CT molecular complexity index is 412. The second-order valence-corrected chi connectivity index (χ2v) is 6.51. The molecule has 0 radical (unpaired) electrons. The van der Waals surface area contributed by atoms with E-state index in [1.807, 2.05) is 0 Å². The summed E-state index contributed by atoms with van der Waals surface area (Å²) in [4.78, 5) is 0. The molecule has 1 heterocycles. The monoisotopic (exact) mass is 275 g/mol. The third kappa shape index (κ3) is 3.62. The highest BCUT2D eigenvalue weighted by atomic mass is 16.5. The van der Waals surface area contributed by atoms with Crippen LogP contribution in [0, 0.1) is 5.41 Å². The zero-order valence-corrected chi connectivity index (χ0v) is 13.4. The summed E-state index contributed by atoms with van der Waals surface area (Å²) >= 11 is 0. The summed E-state index contributed by atoms with van der Waals surface area (Å²) in [5.41, 5.74) is 3.10. The number of benzene rings is 1. The van der Waals surface area contributed by atoms with E-state index in [1.165, 1.54) is 11.1 Å². The molecule has 2 heteroatoms. The summed E-state index contributed by atoms with van der Waals surface area (Å²) < 4.78 is 5.88. The van der Waals surface area contributed by atoms with Crippen molar-refractivity contribution in [2.45, 2.75) is 59.1 Å². The Morgan fingerprint density at radius 1 is 1.25 bits per heavy atom. The first-order valence-corrected chi connectivity index (χ1v) is 7.98. The van der Waals surface area contributed by atoms with Crippen LogP contribution in [0.1, 0.15) is 45.2 Å². The van der Waals surface area contributed by atoms with E-state index in [0.29, 0.717) is 12.1 Å². The fourth-order valence-corrected chi connectivity index (χ4v) is 3.05. The molecule has 1 fully saturated rings. The molecule has 2 rings (SSSR count). The second-order valence-electron chi connectivity index (χ2n) is 6.51. The highest BCUT2D eigenvalue weighted by molar-refractivity contribution is 5.24. The summed E-state index contributed by atoms with van der Waals surface area (Å²) in [6.45, 7) is 10.8. The van der Waals surface area contributed by atoms with E-state index < -0.39 is 0 Å². The van der Waals surface area contributed by atoms with Crippen LogP contribution >= 0.6 is 0 Å². The number of ether oxygens (including phenoxy) is 1. The SMILES string of the molecule is CCc1ccc(CC2(CNC(C)C)CCOC2C)cc1. The Hall–Kier alpha value is -0.860. The van der Waals surface area contributed by atoms with Crippen LogP contribution in [0.2, 0.25) is 0 Å². The highest BCUT2D eigenvalue weighted by Crippen LogP contribution is 2.38. The molecule has 2 nitrogen and oxygen atoms in total. The minimum absolute atomic E-state index is 0.248. The molecule has 20 heavy (non-hydrogen) atoms. The Morgan fingerprint density at radius 3 is 2.40 bits per heavy atom. The molecule has 0 aromatic heterocycles. The molecule has 1 saturated heterocycles. The van der Waals surface area contributed by atoms with Gasteiger partial charge in [-0.25, -0.2) is 0 Å². The van der Waals surface area contributed by atoms with Crippen LogP contribution in [0.3, 0.4) is 0 Å². The van der Waals surface area contributed by atoms with E-state index in [-0.39, 0.29) is 5.41 Å². The van der Waals surface area contributed by atoms with Gasteiger partial charge in [-0.05, 0) is 37.3 Å². The highest BCUT2D eigenvalue weighted by Gasteiger charge is 2.41. The molecule has 0 bridgehead atoms. The first kappa shape index (κ1) is 15.5. The van der Waals surface area contributed by atoms with E-state index in [4.69, 9.17) is 4.74 Å². The summed E-state index contributed by atoms with van der Waals surface area (Å²) in [5, 5.41) is 3.62. The van der Waals surface area contributed by atoms with Crippen LogP contribution in [-0.2, 0) is 17.6 Å². The minimum Gasteiger partial charge on any atom is -0.378 e. The van der Waals surface area contributed by atoms with Gasteiger partial charge in [0.1, 0.15) is 0 Å². The quantitative estimate of drug-likeness (QED) is 0.856. The molecular weight excluding hydrogens is 246 g/mol.